The molecule has 0 amide bonds. The lowest BCUT2D eigenvalue weighted by atomic mass is 10.1. The van der Waals surface area contributed by atoms with Gasteiger partial charge in [-0.3, -0.25) is 37.3 Å². The molecule has 2 unspecified atom stereocenters. The highest BCUT2D eigenvalue weighted by Gasteiger charge is 2.30. The first-order valence-corrected chi connectivity index (χ1v) is 44.5. The zero-order valence-corrected chi connectivity index (χ0v) is 67.7. The minimum Gasteiger partial charge on any atom is -0.462 e. The summed E-state index contributed by atoms with van der Waals surface area (Å²) in [5.41, 5.74) is 0. The molecule has 0 bridgehead atoms. The van der Waals surface area contributed by atoms with Crippen LogP contribution in [-0.2, 0) is 65.4 Å². The van der Waals surface area contributed by atoms with E-state index in [9.17, 15) is 43.2 Å². The van der Waals surface area contributed by atoms with Crippen LogP contribution in [0.1, 0.15) is 362 Å². The van der Waals surface area contributed by atoms with Crippen LogP contribution in [0.2, 0.25) is 0 Å². The third kappa shape index (κ3) is 76.2. The molecule has 19 heteroatoms. The Morgan fingerprint density at radius 1 is 0.279 bits per heavy atom. The Balaban J connectivity index is 5.38. The van der Waals surface area contributed by atoms with Gasteiger partial charge in [0.2, 0.25) is 0 Å². The van der Waals surface area contributed by atoms with Crippen molar-refractivity contribution in [3.8, 4) is 0 Å². The molecule has 0 aliphatic rings. The first-order chi connectivity index (χ1) is 50.7. The molecular weight excluding hydrogens is 1350 g/mol. The fourth-order valence-electron chi connectivity index (χ4n) is 11.2. The molecule has 0 fully saturated rings. The summed E-state index contributed by atoms with van der Waals surface area (Å²) in [5.74, 6) is -2.21. The molecule has 0 aromatic carbocycles. The second kappa shape index (κ2) is 77.1. The van der Waals surface area contributed by atoms with Crippen LogP contribution < -0.4 is 0 Å². The molecule has 104 heavy (non-hydrogen) atoms. The van der Waals surface area contributed by atoms with Crippen LogP contribution in [0.5, 0.6) is 0 Å². The van der Waals surface area contributed by atoms with Gasteiger partial charge in [-0.25, -0.2) is 9.13 Å². The summed E-state index contributed by atoms with van der Waals surface area (Å²) in [4.78, 5) is 73.1. The van der Waals surface area contributed by atoms with E-state index in [1.807, 2.05) is 0 Å². The average molecular weight is 1510 g/mol. The van der Waals surface area contributed by atoms with Crippen molar-refractivity contribution in [3.63, 3.8) is 0 Å². The van der Waals surface area contributed by atoms with Gasteiger partial charge in [0, 0.05) is 25.7 Å². The van der Waals surface area contributed by atoms with Gasteiger partial charge in [0.05, 0.1) is 26.4 Å². The first-order valence-electron chi connectivity index (χ1n) is 41.5. The fourth-order valence-corrected chi connectivity index (χ4v) is 12.8. The standard InChI is InChI=1S/C85H150O17P2/c1-5-9-13-17-21-25-29-33-37-38-39-40-44-46-50-54-58-62-66-70-83(88)96-76-81(102-85(90)72-68-64-60-56-52-48-43-36-32-28-24-20-16-12-8-4)78-100-104(93,94)98-74-79(86)73-97-103(91,92)99-77-80(101-84(89)71-67-63-59-55-51-47-42-35-31-27-23-19-15-11-7-3)75-95-82(87)69-65-61-57-53-49-45-41-34-30-26-22-18-14-10-6-2/h9,13,21,25-27,30-31,33,36-37,39-40,43,46,50,79-81,86H,5-8,10-12,14-20,22-24,28-29,32,34-35,38,41-42,44-45,47-49,51-78H2,1-4H3,(H,91,92)(H,93,94)/b13-9-,25-21-,30-26-,31-27-,37-33-,40-39-,43-36-,50-46-/t79-,80+,81+/m0/s1. The minimum absolute atomic E-state index is 0.0778. The Labute approximate surface area is 633 Å². The van der Waals surface area contributed by atoms with Gasteiger partial charge in [0.1, 0.15) is 19.3 Å². The molecule has 0 aliphatic carbocycles. The van der Waals surface area contributed by atoms with Gasteiger partial charge in [0.15, 0.2) is 12.2 Å². The maximum atomic E-state index is 13.1. The Morgan fingerprint density at radius 2 is 0.500 bits per heavy atom. The molecule has 3 N–H and O–H groups in total. The highest BCUT2D eigenvalue weighted by atomic mass is 31.2. The number of rotatable bonds is 78. The Bertz CT molecular complexity index is 2350. The van der Waals surface area contributed by atoms with Gasteiger partial charge < -0.3 is 33.8 Å². The van der Waals surface area contributed by atoms with Crippen LogP contribution in [-0.4, -0.2) is 96.7 Å². The van der Waals surface area contributed by atoms with Crippen LogP contribution >= 0.6 is 15.6 Å². The van der Waals surface area contributed by atoms with Crippen LogP contribution in [0.25, 0.3) is 0 Å². The minimum atomic E-state index is -4.99. The second-order valence-corrected chi connectivity index (χ2v) is 30.6. The molecule has 5 atom stereocenters. The van der Waals surface area contributed by atoms with E-state index >= 15 is 0 Å². The number of ether oxygens (including phenoxy) is 4. The Hall–Kier alpha value is -4.02. The van der Waals surface area contributed by atoms with E-state index in [1.165, 1.54) is 103 Å². The van der Waals surface area contributed by atoms with Crippen LogP contribution in [0.4, 0.5) is 0 Å². The topological polar surface area (TPSA) is 237 Å². The number of aliphatic hydroxyl groups is 1. The summed E-state index contributed by atoms with van der Waals surface area (Å²) >= 11 is 0. The number of hydrogen-bond acceptors (Lipinski definition) is 15. The molecule has 0 rings (SSSR count). The normalized spacial score (nSPS) is 14.3. The van der Waals surface area contributed by atoms with E-state index in [2.05, 4.69) is 125 Å². The van der Waals surface area contributed by atoms with Crippen molar-refractivity contribution in [1.82, 2.24) is 0 Å². The number of unbranched alkanes of at least 4 members (excludes halogenated alkanes) is 36. The number of aliphatic hydroxyl groups excluding tert-OH is 1. The van der Waals surface area contributed by atoms with Crippen LogP contribution in [0, 0.1) is 0 Å². The van der Waals surface area contributed by atoms with E-state index in [-0.39, 0.29) is 25.7 Å². The van der Waals surface area contributed by atoms with Crippen LogP contribution in [0.3, 0.4) is 0 Å². The van der Waals surface area contributed by atoms with Gasteiger partial charge >= 0.3 is 39.5 Å². The number of esters is 4. The summed E-state index contributed by atoms with van der Waals surface area (Å²) < 4.78 is 68.7. The number of carbonyl (C=O) groups excluding carboxylic acids is 4. The molecule has 0 aliphatic heterocycles. The second-order valence-electron chi connectivity index (χ2n) is 27.7. The number of phosphoric acid groups is 2. The van der Waals surface area contributed by atoms with E-state index in [1.54, 1.807) is 0 Å². The van der Waals surface area contributed by atoms with Gasteiger partial charge in [-0.15, -0.1) is 0 Å². The fraction of sp³-hybridized carbons (Fsp3) is 0.765. The molecular formula is C85H150O17P2. The van der Waals surface area contributed by atoms with Crippen molar-refractivity contribution in [2.75, 3.05) is 39.6 Å². The summed E-state index contributed by atoms with van der Waals surface area (Å²) in [7, 11) is -9.97. The predicted octanol–water partition coefficient (Wildman–Crippen LogP) is 24.3. The maximum Gasteiger partial charge on any atom is 0.472 e. The largest absolute Gasteiger partial charge is 0.472 e. The van der Waals surface area contributed by atoms with E-state index < -0.39 is 97.5 Å². The van der Waals surface area contributed by atoms with E-state index in [0.29, 0.717) is 25.7 Å². The number of allylic oxidation sites excluding steroid dienone is 16. The lowest BCUT2D eigenvalue weighted by Gasteiger charge is -2.21. The van der Waals surface area contributed by atoms with E-state index in [0.717, 1.165) is 180 Å². The summed E-state index contributed by atoms with van der Waals surface area (Å²) in [6, 6.07) is 0. The molecule has 0 saturated heterocycles. The SMILES string of the molecule is CC/C=C\C/C=C\C/C=C\C/C=C\C/C=C\CCCCCC(=O)OC[C@H](COP(=O)(O)OC[C@@H](O)COP(=O)(O)OC[C@@H](COC(=O)CCCCCCCCC/C=C\CCCCCC)OC(=O)CCCCCCCCC/C=C\CCCCCC)OC(=O)CCCCCCC/C=C\CCCCCCCC. The Morgan fingerprint density at radius 3 is 0.798 bits per heavy atom. The van der Waals surface area contributed by atoms with Gasteiger partial charge in [-0.2, -0.15) is 0 Å². The monoisotopic (exact) mass is 1510 g/mol. The zero-order valence-electron chi connectivity index (χ0n) is 65.9. The quantitative estimate of drug-likeness (QED) is 0.0169. The first kappa shape index (κ1) is 100.0. The van der Waals surface area contributed by atoms with Gasteiger partial charge in [-0.1, -0.05) is 285 Å². The summed E-state index contributed by atoms with van der Waals surface area (Å²) in [6.07, 6.45) is 82.3. The highest BCUT2D eigenvalue weighted by molar-refractivity contribution is 7.47. The zero-order chi connectivity index (χ0) is 76.0. The number of hydrogen-bond donors (Lipinski definition) is 3. The number of carbonyl (C=O) groups is 4. The predicted molar refractivity (Wildman–Crippen MR) is 427 cm³/mol. The van der Waals surface area contributed by atoms with Crippen molar-refractivity contribution >= 4 is 39.5 Å². The van der Waals surface area contributed by atoms with Gasteiger partial charge in [-0.05, 0) is 148 Å². The third-order valence-electron chi connectivity index (χ3n) is 17.5. The van der Waals surface area contributed by atoms with E-state index in [4.69, 9.17) is 37.0 Å². The molecule has 0 aromatic heterocycles. The molecule has 0 heterocycles. The van der Waals surface area contributed by atoms with Gasteiger partial charge in [0.25, 0.3) is 0 Å². The van der Waals surface area contributed by atoms with Crippen molar-refractivity contribution < 1.29 is 80.2 Å². The van der Waals surface area contributed by atoms with Crippen molar-refractivity contribution in [3.05, 3.63) is 97.2 Å². The molecule has 17 nitrogen and oxygen atoms in total. The number of phosphoric ester groups is 2. The highest BCUT2D eigenvalue weighted by Crippen LogP contribution is 2.45. The van der Waals surface area contributed by atoms with Crippen molar-refractivity contribution in [1.29, 1.82) is 0 Å². The lowest BCUT2D eigenvalue weighted by Crippen LogP contribution is -2.30. The van der Waals surface area contributed by atoms with Crippen molar-refractivity contribution in [2.24, 2.45) is 0 Å². The average Bonchev–Trinajstić information content (AvgIpc) is 0.918. The summed E-state index contributed by atoms with van der Waals surface area (Å²) in [5, 5.41) is 10.7. The lowest BCUT2D eigenvalue weighted by molar-refractivity contribution is -0.161. The van der Waals surface area contributed by atoms with Crippen LogP contribution in [0.15, 0.2) is 97.2 Å². The maximum absolute atomic E-state index is 13.1. The molecule has 0 saturated carbocycles. The molecule has 602 valence electrons. The summed E-state index contributed by atoms with van der Waals surface area (Å²) in [6.45, 7) is 4.73. The Kier molecular flexibility index (Phi) is 74.2. The molecule has 0 aromatic rings. The molecule has 0 spiro atoms. The van der Waals surface area contributed by atoms with Crippen molar-refractivity contribution in [2.45, 2.75) is 380 Å². The molecule has 0 radical (unpaired) electrons. The third-order valence-corrected chi connectivity index (χ3v) is 19.4. The smallest absolute Gasteiger partial charge is 0.462 e.